The van der Waals surface area contributed by atoms with Gasteiger partial charge in [0.15, 0.2) is 0 Å². The van der Waals surface area contributed by atoms with Crippen molar-refractivity contribution in [2.75, 3.05) is 10.6 Å². The van der Waals surface area contributed by atoms with Crippen molar-refractivity contribution in [3.8, 4) is 0 Å². The Morgan fingerprint density at radius 2 is 1.00 bits per heavy atom. The van der Waals surface area contributed by atoms with Gasteiger partial charge in [0.1, 0.15) is 0 Å². The van der Waals surface area contributed by atoms with Gasteiger partial charge in [-0.15, -0.1) is 0 Å². The molecular formula is C22H26N2O9Si2-2. The van der Waals surface area contributed by atoms with Crippen molar-refractivity contribution in [1.29, 1.82) is 0 Å². The lowest BCUT2D eigenvalue weighted by molar-refractivity contribution is -0.307. The van der Waals surface area contributed by atoms with E-state index in [0.29, 0.717) is 21.7 Å². The third-order valence-electron chi connectivity index (χ3n) is 4.92. The van der Waals surface area contributed by atoms with E-state index in [1.807, 2.05) is 0 Å². The Hall–Kier alpha value is -3.37. The lowest BCUT2D eigenvalue weighted by atomic mass is 10.2. The highest BCUT2D eigenvalue weighted by Gasteiger charge is 2.41. The zero-order chi connectivity index (χ0) is 26.2. The smallest absolute Gasteiger partial charge is 0.358 e. The average Bonchev–Trinajstić information content (AvgIpc) is 2.76. The minimum absolute atomic E-state index is 0.226. The van der Waals surface area contributed by atoms with Crippen LogP contribution in [0.25, 0.3) is 0 Å². The van der Waals surface area contributed by atoms with E-state index in [2.05, 4.69) is 10.6 Å². The maximum Gasteiger partial charge on any atom is 0.358 e. The second kappa shape index (κ2) is 11.9. The van der Waals surface area contributed by atoms with Crippen molar-refractivity contribution in [1.82, 2.24) is 0 Å². The molecule has 0 bridgehead atoms. The molecule has 0 heterocycles. The Balaban J connectivity index is 2.02. The van der Waals surface area contributed by atoms with E-state index in [1.165, 1.54) is 37.4 Å². The summed E-state index contributed by atoms with van der Waals surface area (Å²) in [6.45, 7) is 2.99. The minimum atomic E-state index is -3.57. The summed E-state index contributed by atoms with van der Waals surface area (Å²) in [5, 5.41) is 26.9. The van der Waals surface area contributed by atoms with E-state index in [1.54, 1.807) is 24.3 Å². The molecule has 188 valence electrons. The van der Waals surface area contributed by atoms with Crippen LogP contribution < -0.4 is 31.2 Å². The van der Waals surface area contributed by atoms with Crippen molar-refractivity contribution < 1.29 is 43.1 Å². The summed E-state index contributed by atoms with van der Waals surface area (Å²) in [5.41, 5.74) is 0.811. The molecule has 11 nitrogen and oxygen atoms in total. The molecule has 0 aliphatic carbocycles. The first-order valence-corrected chi connectivity index (χ1v) is 15.3. The van der Waals surface area contributed by atoms with Gasteiger partial charge < -0.3 is 44.1 Å². The molecule has 2 rings (SSSR count). The predicted octanol–water partition coefficient (Wildman–Crippen LogP) is -2.12. The summed E-state index contributed by atoms with van der Waals surface area (Å²) >= 11 is 0. The van der Waals surface area contributed by atoms with Crippen LogP contribution >= 0.6 is 0 Å². The summed E-state index contributed by atoms with van der Waals surface area (Å²) in [7, 11) is -7.14. The minimum Gasteiger partial charge on any atom is -0.550 e. The van der Waals surface area contributed by atoms with E-state index >= 15 is 0 Å². The summed E-state index contributed by atoms with van der Waals surface area (Å²) < 4.78 is 5.84. The molecule has 0 aliphatic rings. The second-order valence-electron chi connectivity index (χ2n) is 8.06. The first kappa shape index (κ1) is 27.9. The monoisotopic (exact) mass is 518 g/mol. The fourth-order valence-corrected chi connectivity index (χ4v) is 8.72. The van der Waals surface area contributed by atoms with E-state index in [4.69, 9.17) is 4.12 Å². The lowest BCUT2D eigenvalue weighted by Gasteiger charge is -2.30. The Morgan fingerprint density at radius 1 is 0.686 bits per heavy atom. The third kappa shape index (κ3) is 9.07. The molecule has 2 atom stereocenters. The number of aliphatic carboxylic acids is 2. The molecule has 0 radical (unpaired) electrons. The number of hydrogen-bond donors (Lipinski definition) is 4. The highest BCUT2D eigenvalue weighted by Crippen LogP contribution is 2.15. The van der Waals surface area contributed by atoms with Crippen LogP contribution in [0.2, 0.25) is 13.1 Å². The van der Waals surface area contributed by atoms with Gasteiger partial charge in [-0.05, 0) is 60.6 Å². The van der Waals surface area contributed by atoms with Crippen molar-refractivity contribution in [3.05, 3.63) is 48.5 Å². The number of carbonyl (C=O) groups excluding carboxylic acids is 4. The van der Waals surface area contributed by atoms with Gasteiger partial charge in [0, 0.05) is 36.2 Å². The van der Waals surface area contributed by atoms with Crippen LogP contribution in [0.4, 0.5) is 11.4 Å². The fourth-order valence-electron chi connectivity index (χ4n) is 3.11. The number of anilines is 2. The fraction of sp³-hybridized carbons (Fsp3) is 0.273. The molecule has 0 fully saturated rings. The number of carboxylic acids is 2. The SMILES string of the molecule is C[Si](O)(O[Si](C)(O)c1ccc(NC(=O)CCC(=O)[O-])cc1)c1ccc(NC(=O)CCC(=O)[O-])cc1. The Bertz CT molecular complexity index is 986. The van der Waals surface area contributed by atoms with Crippen LogP contribution in [0.5, 0.6) is 0 Å². The summed E-state index contributed by atoms with van der Waals surface area (Å²) in [5.74, 6) is -3.62. The number of amides is 2. The zero-order valence-electron chi connectivity index (χ0n) is 19.2. The molecule has 2 aromatic rings. The largest absolute Gasteiger partial charge is 0.550 e. The van der Waals surface area contributed by atoms with Gasteiger partial charge in [0.05, 0.1) is 0 Å². The average molecular weight is 519 g/mol. The standard InChI is InChI=1S/C22H28N2O9Si2/c1-34(31,17-7-3-15(4-8-17)23-19(25)11-13-21(27)28)33-35(2,32)18-9-5-16(6-10-18)24-20(26)12-14-22(29)30/h3-10,31-32H,11-14H2,1-2H3,(H,23,25)(H,24,26)(H,27,28)(H,29,30)/p-2. The van der Waals surface area contributed by atoms with Crippen LogP contribution in [-0.4, -0.2) is 50.5 Å². The van der Waals surface area contributed by atoms with Gasteiger partial charge in [-0.1, -0.05) is 24.3 Å². The van der Waals surface area contributed by atoms with Crippen molar-refractivity contribution in [2.24, 2.45) is 0 Å². The number of nitrogens with one attached hydrogen (secondary N) is 2. The molecule has 2 amide bonds. The molecule has 0 aromatic heterocycles. The summed E-state index contributed by atoms with van der Waals surface area (Å²) in [6, 6.07) is 12.3. The molecule has 0 saturated carbocycles. The zero-order valence-corrected chi connectivity index (χ0v) is 21.2. The van der Waals surface area contributed by atoms with Gasteiger partial charge in [-0.3, -0.25) is 9.59 Å². The van der Waals surface area contributed by atoms with E-state index in [0.717, 1.165) is 0 Å². The van der Waals surface area contributed by atoms with Crippen LogP contribution in [0, 0.1) is 0 Å². The summed E-state index contributed by atoms with van der Waals surface area (Å²) in [6.07, 6.45) is -1.24. The van der Waals surface area contributed by atoms with Crippen LogP contribution in [0.15, 0.2) is 48.5 Å². The molecule has 2 unspecified atom stereocenters. The maximum absolute atomic E-state index is 11.7. The second-order valence-corrected chi connectivity index (χ2v) is 14.0. The maximum atomic E-state index is 11.7. The molecule has 13 heteroatoms. The van der Waals surface area contributed by atoms with Crippen LogP contribution in [-0.2, 0) is 23.3 Å². The normalized spacial score (nSPS) is 14.3. The van der Waals surface area contributed by atoms with Crippen LogP contribution in [0.3, 0.4) is 0 Å². The molecule has 4 N–H and O–H groups in total. The van der Waals surface area contributed by atoms with E-state index < -0.39 is 53.7 Å². The van der Waals surface area contributed by atoms with E-state index in [-0.39, 0.29) is 12.8 Å². The molecule has 0 spiro atoms. The predicted molar refractivity (Wildman–Crippen MR) is 127 cm³/mol. The molecule has 0 saturated heterocycles. The number of hydrogen-bond acceptors (Lipinski definition) is 9. The Kier molecular flexibility index (Phi) is 9.44. The van der Waals surface area contributed by atoms with Gasteiger partial charge in [0.25, 0.3) is 0 Å². The molecule has 2 aromatic carbocycles. The first-order chi connectivity index (χ1) is 16.3. The Labute approximate surface area is 203 Å². The molecule has 35 heavy (non-hydrogen) atoms. The number of rotatable bonds is 12. The van der Waals surface area contributed by atoms with Gasteiger partial charge in [-0.25, -0.2) is 0 Å². The highest BCUT2D eigenvalue weighted by atomic mass is 28.5. The third-order valence-corrected chi connectivity index (χ3v) is 10.9. The molecular weight excluding hydrogens is 492 g/mol. The first-order valence-electron chi connectivity index (χ1n) is 10.6. The summed E-state index contributed by atoms with van der Waals surface area (Å²) in [4.78, 5) is 66.4. The van der Waals surface area contributed by atoms with Crippen LogP contribution in [0.1, 0.15) is 25.7 Å². The number of carboxylic acid groups (broad SMARTS) is 2. The lowest BCUT2D eigenvalue weighted by Crippen LogP contribution is -2.61. The van der Waals surface area contributed by atoms with Gasteiger partial charge >= 0.3 is 17.1 Å². The van der Waals surface area contributed by atoms with E-state index in [9.17, 15) is 39.0 Å². The Morgan fingerprint density at radius 3 is 1.29 bits per heavy atom. The number of carbonyl (C=O) groups is 4. The van der Waals surface area contributed by atoms with Gasteiger partial charge in [0.2, 0.25) is 11.8 Å². The topological polar surface area (TPSA) is 188 Å². The molecule has 0 aliphatic heterocycles. The van der Waals surface area contributed by atoms with Gasteiger partial charge in [-0.2, -0.15) is 0 Å². The van der Waals surface area contributed by atoms with Crippen molar-refractivity contribution >= 4 is 62.6 Å². The highest BCUT2D eigenvalue weighted by molar-refractivity contribution is 6.91. The quantitative estimate of drug-likeness (QED) is 0.228. The van der Waals surface area contributed by atoms with Crippen molar-refractivity contribution in [3.63, 3.8) is 0 Å². The van der Waals surface area contributed by atoms with Crippen molar-refractivity contribution in [2.45, 2.75) is 38.8 Å². The number of benzene rings is 2.